The molecule has 2 aromatic carbocycles. The number of carbonyl (C=O) groups excluding carboxylic acids is 1. The second-order valence-corrected chi connectivity index (χ2v) is 14.1. The standard InChI is InChI=1S/C31H29ClF2N4O6S/c32-22-9-5-17(30(41)36-20-8-10-23(33)24(34)16-20)13-26(22)45(43,44)21-14-18-6-7-19(15-21)31(18,42)29(40)28(39)25-3-1-4-27(37-25)38-12-2-11-35-38/h1-5,8-13,16,18-19,21,28-29,39-40,42H,6-7,14-15H2,(H,36,41)/t18-,19?,21?,28?,29?,31-/m0/s1. The van der Waals surface area contributed by atoms with E-state index >= 15 is 0 Å². The third kappa shape index (κ3) is 5.63. The Balaban J connectivity index is 1.21. The minimum Gasteiger partial charge on any atom is -0.387 e. The lowest BCUT2D eigenvalue weighted by molar-refractivity contribution is -0.178. The van der Waals surface area contributed by atoms with Crippen molar-refractivity contribution in [3.05, 3.63) is 101 Å². The molecule has 0 radical (unpaired) electrons. The van der Waals surface area contributed by atoms with Gasteiger partial charge in [-0.1, -0.05) is 17.7 Å². The van der Waals surface area contributed by atoms with Crippen molar-refractivity contribution in [2.45, 2.75) is 53.6 Å². The number of pyridine rings is 1. The van der Waals surface area contributed by atoms with Gasteiger partial charge in [0.15, 0.2) is 27.3 Å². The lowest BCUT2D eigenvalue weighted by Gasteiger charge is -2.46. The summed E-state index contributed by atoms with van der Waals surface area (Å²) in [6, 6.07) is 13.1. The molecule has 2 aliphatic carbocycles. The van der Waals surface area contributed by atoms with Gasteiger partial charge in [-0.05, 0) is 86.1 Å². The van der Waals surface area contributed by atoms with Crippen LogP contribution in [0.15, 0.2) is 78.0 Å². The molecular weight excluding hydrogens is 630 g/mol. The van der Waals surface area contributed by atoms with E-state index in [1.807, 2.05) is 0 Å². The van der Waals surface area contributed by atoms with Gasteiger partial charge in [0, 0.05) is 29.7 Å². The number of amides is 1. The monoisotopic (exact) mass is 658 g/mol. The topological polar surface area (TPSA) is 155 Å². The quantitative estimate of drug-likeness (QED) is 0.219. The summed E-state index contributed by atoms with van der Waals surface area (Å²) in [5.41, 5.74) is -1.74. The molecule has 6 rings (SSSR count). The molecule has 45 heavy (non-hydrogen) atoms. The van der Waals surface area contributed by atoms with Gasteiger partial charge in [0.25, 0.3) is 5.91 Å². The number of hydrogen-bond acceptors (Lipinski definition) is 8. The van der Waals surface area contributed by atoms with E-state index in [0.29, 0.717) is 18.7 Å². The van der Waals surface area contributed by atoms with Crippen molar-refractivity contribution in [2.24, 2.45) is 11.8 Å². The molecule has 2 saturated carbocycles. The van der Waals surface area contributed by atoms with E-state index in [4.69, 9.17) is 11.6 Å². The van der Waals surface area contributed by atoms with Crippen LogP contribution in [0.2, 0.25) is 5.02 Å². The number of fused-ring (bicyclic) bond motifs is 2. The van der Waals surface area contributed by atoms with Crippen LogP contribution in [0.25, 0.3) is 5.82 Å². The van der Waals surface area contributed by atoms with E-state index in [2.05, 4.69) is 15.4 Å². The van der Waals surface area contributed by atoms with Crippen LogP contribution in [0.1, 0.15) is 47.8 Å². The van der Waals surface area contributed by atoms with Crippen LogP contribution in [0.3, 0.4) is 0 Å². The first-order chi connectivity index (χ1) is 21.4. The summed E-state index contributed by atoms with van der Waals surface area (Å²) < 4.78 is 56.2. The number of nitrogens with zero attached hydrogens (tertiary/aromatic N) is 3. The number of rotatable bonds is 8. The van der Waals surface area contributed by atoms with Crippen molar-refractivity contribution in [1.82, 2.24) is 14.8 Å². The van der Waals surface area contributed by atoms with Crippen molar-refractivity contribution in [2.75, 3.05) is 5.32 Å². The summed E-state index contributed by atoms with van der Waals surface area (Å²) in [6.07, 6.45) is 0.881. The number of carbonyl (C=O) groups is 1. The number of halogens is 3. The van der Waals surface area contributed by atoms with Crippen molar-refractivity contribution >= 4 is 33.0 Å². The first-order valence-corrected chi connectivity index (χ1v) is 16.2. The first-order valence-electron chi connectivity index (χ1n) is 14.2. The van der Waals surface area contributed by atoms with Crippen LogP contribution in [0, 0.1) is 23.5 Å². The van der Waals surface area contributed by atoms with E-state index in [1.165, 1.54) is 28.9 Å². The van der Waals surface area contributed by atoms with Gasteiger partial charge in [-0.25, -0.2) is 26.9 Å². The van der Waals surface area contributed by atoms with E-state index in [1.54, 1.807) is 30.6 Å². The van der Waals surface area contributed by atoms with E-state index in [0.717, 1.165) is 18.2 Å². The Bertz CT molecular complexity index is 1840. The molecule has 6 atom stereocenters. The number of hydrogen-bond donors (Lipinski definition) is 4. The molecule has 2 aliphatic rings. The maximum Gasteiger partial charge on any atom is 0.255 e. The summed E-state index contributed by atoms with van der Waals surface area (Å²) in [7, 11) is -4.14. The zero-order valence-corrected chi connectivity index (χ0v) is 25.2. The van der Waals surface area contributed by atoms with Crippen LogP contribution < -0.4 is 5.32 Å². The number of aliphatic hydroxyl groups is 3. The zero-order valence-electron chi connectivity index (χ0n) is 23.6. The predicted octanol–water partition coefficient (Wildman–Crippen LogP) is 4.24. The van der Waals surface area contributed by atoms with Gasteiger partial charge in [0.05, 0.1) is 26.5 Å². The number of nitrogens with one attached hydrogen (secondary N) is 1. The third-order valence-electron chi connectivity index (χ3n) is 8.95. The average molecular weight is 659 g/mol. The summed E-state index contributed by atoms with van der Waals surface area (Å²) in [5, 5.41) is 39.8. The molecule has 2 fully saturated rings. The van der Waals surface area contributed by atoms with Crippen LogP contribution in [-0.4, -0.2) is 61.4 Å². The number of anilines is 1. The van der Waals surface area contributed by atoms with Gasteiger partial charge in [-0.3, -0.25) is 4.79 Å². The highest BCUT2D eigenvalue weighted by Crippen LogP contribution is 2.55. The Morgan fingerprint density at radius 3 is 2.42 bits per heavy atom. The van der Waals surface area contributed by atoms with Crippen molar-refractivity contribution in [3.8, 4) is 5.82 Å². The van der Waals surface area contributed by atoms with E-state index < -0.39 is 62.3 Å². The van der Waals surface area contributed by atoms with Gasteiger partial charge in [-0.15, -0.1) is 0 Å². The largest absolute Gasteiger partial charge is 0.387 e. The smallest absolute Gasteiger partial charge is 0.255 e. The molecule has 2 heterocycles. The highest BCUT2D eigenvalue weighted by molar-refractivity contribution is 7.92. The minimum absolute atomic E-state index is 0.0124. The maximum atomic E-state index is 13.9. The normalized spacial score (nSPS) is 24.3. The van der Waals surface area contributed by atoms with Crippen molar-refractivity contribution in [3.63, 3.8) is 0 Å². The maximum absolute atomic E-state index is 13.9. The molecule has 0 spiro atoms. The lowest BCUT2D eigenvalue weighted by atomic mass is 9.69. The Morgan fingerprint density at radius 2 is 1.76 bits per heavy atom. The number of benzene rings is 2. The molecule has 4 N–H and O–H groups in total. The molecule has 2 bridgehead atoms. The summed E-state index contributed by atoms with van der Waals surface area (Å²) in [4.78, 5) is 17.0. The molecule has 14 heteroatoms. The van der Waals surface area contributed by atoms with Gasteiger partial charge in [-0.2, -0.15) is 5.10 Å². The SMILES string of the molecule is O=C(Nc1ccc(F)c(F)c1)c1ccc(Cl)c(S(=O)(=O)C2CC3CC[C@@H](C2)[C@@]3(O)C(O)C(O)c2cccc(-n3cccn3)n2)c1. The van der Waals surface area contributed by atoms with Gasteiger partial charge < -0.3 is 20.6 Å². The third-order valence-corrected chi connectivity index (χ3v) is 11.6. The molecule has 0 saturated heterocycles. The fourth-order valence-electron chi connectivity index (χ4n) is 6.65. The van der Waals surface area contributed by atoms with Crippen LogP contribution in [0.5, 0.6) is 0 Å². The summed E-state index contributed by atoms with van der Waals surface area (Å²) >= 11 is 6.32. The predicted molar refractivity (Wildman–Crippen MR) is 159 cm³/mol. The molecule has 1 amide bonds. The fraction of sp³-hybridized carbons (Fsp3) is 0.323. The lowest BCUT2D eigenvalue weighted by Crippen LogP contribution is -2.57. The molecule has 4 aromatic rings. The zero-order chi connectivity index (χ0) is 32.1. The van der Waals surface area contributed by atoms with Gasteiger partial charge in [0.2, 0.25) is 0 Å². The van der Waals surface area contributed by atoms with Gasteiger partial charge in [0.1, 0.15) is 12.2 Å². The highest BCUT2D eigenvalue weighted by atomic mass is 35.5. The summed E-state index contributed by atoms with van der Waals surface area (Å²) in [6.45, 7) is 0. The Morgan fingerprint density at radius 1 is 1.02 bits per heavy atom. The molecule has 2 aromatic heterocycles. The van der Waals surface area contributed by atoms with E-state index in [-0.39, 0.29) is 39.7 Å². The number of sulfone groups is 1. The highest BCUT2D eigenvalue weighted by Gasteiger charge is 2.60. The fourth-order valence-corrected chi connectivity index (χ4v) is 9.05. The Labute approximate surface area is 262 Å². The molecule has 0 aliphatic heterocycles. The molecular formula is C31H29ClF2N4O6S. The van der Waals surface area contributed by atoms with Crippen LogP contribution >= 0.6 is 11.6 Å². The van der Waals surface area contributed by atoms with Crippen LogP contribution in [-0.2, 0) is 9.84 Å². The molecule has 236 valence electrons. The molecule has 4 unspecified atom stereocenters. The van der Waals surface area contributed by atoms with Gasteiger partial charge >= 0.3 is 0 Å². The average Bonchev–Trinajstić information content (AvgIpc) is 3.60. The van der Waals surface area contributed by atoms with Crippen molar-refractivity contribution < 1.29 is 37.3 Å². The molecule has 10 nitrogen and oxygen atoms in total. The van der Waals surface area contributed by atoms with Crippen molar-refractivity contribution in [1.29, 1.82) is 0 Å². The first kappa shape index (κ1) is 31.2. The minimum atomic E-state index is -4.14. The second kappa shape index (κ2) is 11.9. The van der Waals surface area contributed by atoms with Crippen LogP contribution in [0.4, 0.5) is 14.5 Å². The summed E-state index contributed by atoms with van der Waals surface area (Å²) in [5.74, 6) is -3.90. The number of aromatic nitrogens is 3. The number of aliphatic hydroxyl groups excluding tert-OH is 2. The van der Waals surface area contributed by atoms with E-state index in [9.17, 15) is 37.3 Å². The Hall–Kier alpha value is -3.75. The Kier molecular flexibility index (Phi) is 8.25. The second-order valence-electron chi connectivity index (χ2n) is 11.5.